The maximum atomic E-state index is 9.61. The second kappa shape index (κ2) is 4.65. The summed E-state index contributed by atoms with van der Waals surface area (Å²) in [5.74, 6) is 0. The van der Waals surface area contributed by atoms with Crippen LogP contribution in [0.25, 0.3) is 0 Å². The first-order valence-corrected chi connectivity index (χ1v) is 2.25. The zero-order chi connectivity index (χ0) is 7.11. The van der Waals surface area contributed by atoms with Gasteiger partial charge in [0.05, 0.1) is 24.4 Å². The molecule has 0 aromatic carbocycles. The van der Waals surface area contributed by atoms with Gasteiger partial charge < -0.3 is 10.4 Å². The van der Waals surface area contributed by atoms with Crippen LogP contribution in [0, 0.1) is 11.3 Å². The molecule has 48 valence electrons. The van der Waals surface area contributed by atoms with Crippen LogP contribution in [0.1, 0.15) is 0 Å². The number of carbonyl (C=O) groups excluding carboxylic acids is 1. The molecule has 0 heterocycles. The van der Waals surface area contributed by atoms with Crippen molar-refractivity contribution in [3.05, 3.63) is 11.8 Å². The molecular formula is C5H6N2O2. The van der Waals surface area contributed by atoms with E-state index >= 15 is 0 Å². The maximum absolute atomic E-state index is 9.61. The van der Waals surface area contributed by atoms with E-state index in [1.54, 1.807) is 6.07 Å². The molecule has 0 saturated heterocycles. The van der Waals surface area contributed by atoms with Crippen LogP contribution < -0.4 is 5.32 Å². The van der Waals surface area contributed by atoms with Gasteiger partial charge in [-0.1, -0.05) is 0 Å². The molecule has 0 aromatic heterocycles. The molecule has 0 aliphatic carbocycles. The van der Waals surface area contributed by atoms with E-state index in [9.17, 15) is 4.79 Å². The molecule has 2 N–H and O–H groups in total. The Hall–Kier alpha value is -1.50. The van der Waals surface area contributed by atoms with Gasteiger partial charge in [0.1, 0.15) is 0 Å². The predicted octanol–water partition coefficient (Wildman–Crippen LogP) is -0.302. The predicted molar refractivity (Wildman–Crippen MR) is 30.4 cm³/mol. The number of rotatable bonds is 3. The van der Waals surface area contributed by atoms with Gasteiger partial charge in [-0.2, -0.15) is 5.26 Å². The Balaban J connectivity index is 3.61. The van der Waals surface area contributed by atoms with Crippen LogP contribution in [0.15, 0.2) is 11.8 Å². The molecule has 0 saturated carbocycles. The number of aliphatic hydroxyl groups excluding tert-OH is 1. The lowest BCUT2D eigenvalue weighted by Crippen LogP contribution is -2.13. The van der Waals surface area contributed by atoms with E-state index in [1.807, 2.05) is 0 Å². The van der Waals surface area contributed by atoms with Crippen molar-refractivity contribution in [3.63, 3.8) is 0 Å². The van der Waals surface area contributed by atoms with E-state index in [1.165, 1.54) is 0 Å². The lowest BCUT2D eigenvalue weighted by atomic mass is 10.3. The fourth-order valence-corrected chi connectivity index (χ4v) is 0.266. The van der Waals surface area contributed by atoms with E-state index in [0.717, 1.165) is 0 Å². The van der Waals surface area contributed by atoms with Crippen molar-refractivity contribution >= 4 is 6.41 Å². The summed E-state index contributed by atoms with van der Waals surface area (Å²) in [5.41, 5.74) is 0.127. The number of nitrogens with zero attached hydrogens (tertiary/aromatic N) is 1. The molecule has 0 aromatic rings. The summed E-state index contributed by atoms with van der Waals surface area (Å²) in [7, 11) is 0. The smallest absolute Gasteiger partial charge is 0.207 e. The summed E-state index contributed by atoms with van der Waals surface area (Å²) in [6, 6.07) is 1.68. The largest absolute Gasteiger partial charge is 0.514 e. The van der Waals surface area contributed by atoms with Gasteiger partial charge in [-0.05, 0) is 0 Å². The van der Waals surface area contributed by atoms with Crippen LogP contribution >= 0.6 is 0 Å². The average Bonchev–Trinajstić information content (AvgIpc) is 1.91. The summed E-state index contributed by atoms with van der Waals surface area (Å²) < 4.78 is 0. The number of amides is 1. The highest BCUT2D eigenvalue weighted by atomic mass is 16.2. The minimum atomic E-state index is 0.0799. The molecule has 1 amide bonds. The van der Waals surface area contributed by atoms with Gasteiger partial charge in [-0.15, -0.1) is 0 Å². The molecule has 0 spiro atoms. The highest BCUT2D eigenvalue weighted by Crippen LogP contribution is 1.83. The Morgan fingerprint density at radius 2 is 2.56 bits per heavy atom. The topological polar surface area (TPSA) is 73.1 Å². The Kier molecular flexibility index (Phi) is 3.88. The first-order chi connectivity index (χ1) is 4.35. The van der Waals surface area contributed by atoms with Crippen LogP contribution in [0.3, 0.4) is 0 Å². The highest BCUT2D eigenvalue weighted by molar-refractivity contribution is 5.47. The number of hydrogen-bond acceptors (Lipinski definition) is 3. The van der Waals surface area contributed by atoms with Crippen molar-refractivity contribution in [3.8, 4) is 6.07 Å². The minimum absolute atomic E-state index is 0.0799. The number of hydrogen-bond donors (Lipinski definition) is 2. The van der Waals surface area contributed by atoms with E-state index < -0.39 is 0 Å². The minimum Gasteiger partial charge on any atom is -0.514 e. The van der Waals surface area contributed by atoms with Crippen LogP contribution in [0.2, 0.25) is 0 Å². The normalized spacial score (nSPS) is 9.89. The van der Waals surface area contributed by atoms with Gasteiger partial charge in [0.25, 0.3) is 0 Å². The summed E-state index contributed by atoms with van der Waals surface area (Å²) in [6.07, 6.45) is 1.12. The lowest BCUT2D eigenvalue weighted by Gasteiger charge is -1.90. The van der Waals surface area contributed by atoms with Crippen molar-refractivity contribution < 1.29 is 9.90 Å². The molecule has 9 heavy (non-hydrogen) atoms. The van der Waals surface area contributed by atoms with Crippen molar-refractivity contribution in [2.75, 3.05) is 6.54 Å². The van der Waals surface area contributed by atoms with E-state index in [0.29, 0.717) is 12.7 Å². The molecular weight excluding hydrogens is 120 g/mol. The van der Waals surface area contributed by atoms with Gasteiger partial charge in [-0.3, -0.25) is 4.79 Å². The molecule has 0 aliphatic rings. The molecule has 4 nitrogen and oxygen atoms in total. The zero-order valence-electron chi connectivity index (χ0n) is 4.66. The lowest BCUT2D eigenvalue weighted by molar-refractivity contribution is -0.109. The van der Waals surface area contributed by atoms with Crippen molar-refractivity contribution in [2.24, 2.45) is 0 Å². The first-order valence-electron chi connectivity index (χ1n) is 2.25. The molecule has 0 unspecified atom stereocenters. The summed E-state index contributed by atoms with van der Waals surface area (Å²) >= 11 is 0. The molecule has 0 rings (SSSR count). The third-order valence-corrected chi connectivity index (χ3v) is 0.675. The summed E-state index contributed by atoms with van der Waals surface area (Å²) in [4.78, 5) is 9.61. The molecule has 0 radical (unpaired) electrons. The Morgan fingerprint density at radius 3 is 2.89 bits per heavy atom. The quantitative estimate of drug-likeness (QED) is 0.309. The standard InChI is InChI=1S/C5H6N2O2/c6-1-5(3-8)2-7-4-9/h3-4,8H,2H2,(H,7,9)/b5-3-. The van der Waals surface area contributed by atoms with E-state index in [4.69, 9.17) is 10.4 Å². The van der Waals surface area contributed by atoms with Gasteiger partial charge in [-0.25, -0.2) is 0 Å². The van der Waals surface area contributed by atoms with Crippen LogP contribution in [0.4, 0.5) is 0 Å². The van der Waals surface area contributed by atoms with E-state index in [-0.39, 0.29) is 12.1 Å². The highest BCUT2D eigenvalue weighted by Gasteiger charge is 1.90. The van der Waals surface area contributed by atoms with Gasteiger partial charge in [0, 0.05) is 0 Å². The third-order valence-electron chi connectivity index (χ3n) is 0.675. The van der Waals surface area contributed by atoms with Gasteiger partial charge in [0.15, 0.2) is 0 Å². The van der Waals surface area contributed by atoms with Crippen LogP contribution in [-0.4, -0.2) is 18.1 Å². The number of nitriles is 1. The molecule has 0 fully saturated rings. The van der Waals surface area contributed by atoms with Gasteiger partial charge in [0.2, 0.25) is 6.41 Å². The van der Waals surface area contributed by atoms with Crippen molar-refractivity contribution in [1.82, 2.24) is 5.32 Å². The molecule has 0 aliphatic heterocycles. The fraction of sp³-hybridized carbons (Fsp3) is 0.200. The molecule has 0 atom stereocenters. The second-order valence-electron chi connectivity index (χ2n) is 1.26. The monoisotopic (exact) mass is 126 g/mol. The summed E-state index contributed by atoms with van der Waals surface area (Å²) in [6.45, 7) is 0.0799. The number of nitrogens with one attached hydrogen (secondary N) is 1. The number of carbonyl (C=O) groups is 1. The second-order valence-corrected chi connectivity index (χ2v) is 1.26. The summed E-state index contributed by atoms with van der Waals surface area (Å²) in [5, 5.41) is 18.5. The Bertz CT molecular complexity index is 157. The van der Waals surface area contributed by atoms with Crippen molar-refractivity contribution in [1.29, 1.82) is 5.26 Å². The van der Waals surface area contributed by atoms with E-state index in [2.05, 4.69) is 5.32 Å². The number of aliphatic hydroxyl groups is 1. The fourth-order valence-electron chi connectivity index (χ4n) is 0.266. The van der Waals surface area contributed by atoms with Gasteiger partial charge >= 0.3 is 0 Å². The Labute approximate surface area is 52.4 Å². The SMILES string of the molecule is N#C/C(=C/O)CNC=O. The maximum Gasteiger partial charge on any atom is 0.207 e. The zero-order valence-corrected chi connectivity index (χ0v) is 4.66. The van der Waals surface area contributed by atoms with Crippen molar-refractivity contribution in [2.45, 2.75) is 0 Å². The molecule has 0 bridgehead atoms. The Morgan fingerprint density at radius 1 is 1.89 bits per heavy atom. The van der Waals surface area contributed by atoms with Crippen LogP contribution in [0.5, 0.6) is 0 Å². The third kappa shape index (κ3) is 3.12. The van der Waals surface area contributed by atoms with Crippen LogP contribution in [-0.2, 0) is 4.79 Å². The average molecular weight is 126 g/mol. The first kappa shape index (κ1) is 7.50. The molecule has 4 heteroatoms.